The maximum absolute atomic E-state index is 11.6. The molecule has 1 unspecified atom stereocenters. The van der Waals surface area contributed by atoms with Crippen molar-refractivity contribution in [3.8, 4) is 17.0 Å². The molecule has 1 amide bonds. The third kappa shape index (κ3) is 4.48. The molecule has 2 aliphatic heterocycles. The number of para-hydroxylation sites is 1. The second-order valence-corrected chi connectivity index (χ2v) is 8.50. The van der Waals surface area contributed by atoms with Gasteiger partial charge in [-0.15, -0.1) is 0 Å². The number of nitrogens with zero attached hydrogens (tertiary/aromatic N) is 3. The largest absolute Gasteiger partial charge is 0.488 e. The fourth-order valence-corrected chi connectivity index (χ4v) is 4.64. The summed E-state index contributed by atoms with van der Waals surface area (Å²) in [5.74, 6) is 7.60. The first-order valence-electron chi connectivity index (χ1n) is 11.1. The molecule has 33 heavy (non-hydrogen) atoms. The highest BCUT2D eigenvalue weighted by atomic mass is 16.5. The molecular formula is C25H27N5O3. The van der Waals surface area contributed by atoms with E-state index in [1.807, 2.05) is 54.6 Å². The Balaban J connectivity index is 1.50. The Morgan fingerprint density at radius 2 is 1.97 bits per heavy atom. The van der Waals surface area contributed by atoms with Crippen LogP contribution in [0.4, 0.5) is 10.6 Å². The quantitative estimate of drug-likeness (QED) is 0.506. The van der Waals surface area contributed by atoms with Crippen LogP contribution in [-0.4, -0.2) is 39.3 Å². The van der Waals surface area contributed by atoms with Crippen LogP contribution in [0, 0.1) is 0 Å². The predicted molar refractivity (Wildman–Crippen MR) is 125 cm³/mol. The van der Waals surface area contributed by atoms with Crippen LogP contribution in [0.25, 0.3) is 11.3 Å². The first-order chi connectivity index (χ1) is 16.1. The summed E-state index contributed by atoms with van der Waals surface area (Å²) in [6.07, 6.45) is 0.889. The van der Waals surface area contributed by atoms with E-state index in [2.05, 4.69) is 11.5 Å². The number of benzene rings is 2. The van der Waals surface area contributed by atoms with Crippen LogP contribution in [0.5, 0.6) is 5.75 Å². The number of rotatable bonds is 5. The normalized spacial score (nSPS) is 18.0. The topological polar surface area (TPSA) is 104 Å². The van der Waals surface area contributed by atoms with Gasteiger partial charge in [-0.2, -0.15) is 5.12 Å². The molecule has 3 heterocycles. The van der Waals surface area contributed by atoms with Gasteiger partial charge in [0.05, 0.1) is 12.2 Å². The average Bonchev–Trinajstić information content (AvgIpc) is 3.23. The summed E-state index contributed by atoms with van der Waals surface area (Å²) in [6, 6.07) is 20.0. The first kappa shape index (κ1) is 21.2. The van der Waals surface area contributed by atoms with Crippen LogP contribution in [0.15, 0.2) is 60.7 Å². The molecule has 0 radical (unpaired) electrons. The molecule has 1 atom stereocenters. The second-order valence-electron chi connectivity index (χ2n) is 8.50. The van der Waals surface area contributed by atoms with Crippen LogP contribution < -0.4 is 16.0 Å². The highest BCUT2D eigenvalue weighted by Crippen LogP contribution is 2.39. The average molecular weight is 446 g/mol. The van der Waals surface area contributed by atoms with Crippen molar-refractivity contribution in [1.29, 1.82) is 0 Å². The molecule has 1 saturated heterocycles. The molecule has 0 aliphatic carbocycles. The number of pyridine rings is 1. The maximum Gasteiger partial charge on any atom is 0.407 e. The summed E-state index contributed by atoms with van der Waals surface area (Å²) in [4.78, 5) is 18.0. The van der Waals surface area contributed by atoms with E-state index < -0.39 is 6.09 Å². The molecule has 3 aromatic rings. The van der Waals surface area contributed by atoms with Gasteiger partial charge < -0.3 is 14.7 Å². The number of nitrogens with one attached hydrogen (secondary N) is 1. The zero-order chi connectivity index (χ0) is 22.8. The summed E-state index contributed by atoms with van der Waals surface area (Å²) in [6.45, 7) is 2.03. The third-order valence-corrected chi connectivity index (χ3v) is 6.27. The van der Waals surface area contributed by atoms with Crippen molar-refractivity contribution >= 4 is 11.9 Å². The number of nitrogens with two attached hydrogens (primary N) is 1. The Bertz CT molecular complexity index is 1150. The lowest BCUT2D eigenvalue weighted by molar-refractivity contribution is 0.130. The van der Waals surface area contributed by atoms with Crippen molar-refractivity contribution in [1.82, 2.24) is 15.0 Å². The minimum absolute atomic E-state index is 0.0936. The number of amides is 1. The number of hydrogen-bond donors (Lipinski definition) is 3. The lowest BCUT2D eigenvalue weighted by Gasteiger charge is -2.32. The van der Waals surface area contributed by atoms with Crippen LogP contribution in [0.2, 0.25) is 0 Å². The van der Waals surface area contributed by atoms with Gasteiger partial charge in [-0.3, -0.25) is 11.3 Å². The molecule has 5 rings (SSSR count). The monoisotopic (exact) mass is 445 g/mol. The van der Waals surface area contributed by atoms with E-state index in [-0.39, 0.29) is 5.92 Å². The Hall–Kier alpha value is -3.62. The van der Waals surface area contributed by atoms with Crippen molar-refractivity contribution in [2.24, 2.45) is 5.84 Å². The van der Waals surface area contributed by atoms with Crippen LogP contribution >= 0.6 is 0 Å². The smallest absolute Gasteiger partial charge is 0.407 e. The number of likely N-dealkylation sites (tertiary alicyclic amines) is 1. The molecule has 0 saturated carbocycles. The minimum Gasteiger partial charge on any atom is -0.488 e. The van der Waals surface area contributed by atoms with E-state index in [1.165, 1.54) is 10.0 Å². The molecule has 1 aromatic heterocycles. The number of fused-ring (bicyclic) bond motifs is 1. The molecule has 8 nitrogen and oxygen atoms in total. The Kier molecular flexibility index (Phi) is 5.85. The van der Waals surface area contributed by atoms with Gasteiger partial charge in [-0.25, -0.2) is 9.78 Å². The number of carboxylic acid groups (broad SMARTS) is 1. The van der Waals surface area contributed by atoms with Gasteiger partial charge >= 0.3 is 6.09 Å². The van der Waals surface area contributed by atoms with Gasteiger partial charge in [-0.05, 0) is 42.2 Å². The SMILES string of the molecule is NN1Cc2c(C3CCCN(C(=O)O)C3)cc(-c3ccccc3OCc3ccccc3)nc2N1. The highest BCUT2D eigenvalue weighted by molar-refractivity contribution is 5.71. The molecule has 170 valence electrons. The minimum atomic E-state index is -0.871. The summed E-state index contributed by atoms with van der Waals surface area (Å²) >= 11 is 0. The zero-order valence-corrected chi connectivity index (χ0v) is 18.3. The van der Waals surface area contributed by atoms with Crippen LogP contribution in [-0.2, 0) is 13.2 Å². The van der Waals surface area contributed by atoms with E-state index >= 15 is 0 Å². The molecule has 4 N–H and O–H groups in total. The van der Waals surface area contributed by atoms with Gasteiger partial charge in [0.15, 0.2) is 0 Å². The first-order valence-corrected chi connectivity index (χ1v) is 11.1. The van der Waals surface area contributed by atoms with Crippen molar-refractivity contribution in [3.05, 3.63) is 77.4 Å². The summed E-state index contributed by atoms with van der Waals surface area (Å²) in [5.41, 5.74) is 8.01. The number of hydrogen-bond acceptors (Lipinski definition) is 6. The molecule has 8 heteroatoms. The van der Waals surface area contributed by atoms with E-state index in [1.54, 1.807) is 0 Å². The van der Waals surface area contributed by atoms with E-state index in [4.69, 9.17) is 15.6 Å². The standard InChI is InChI=1S/C25H27N5O3/c26-30-15-21-20(18-9-6-12-29(14-18)25(31)32)13-22(27-24(21)28-30)19-10-4-5-11-23(19)33-16-17-7-2-1-3-8-17/h1-5,7-8,10-11,13,18H,6,9,12,14-16,26H2,(H,27,28)(H,31,32). The summed E-state index contributed by atoms with van der Waals surface area (Å²) in [5, 5.41) is 11.0. The predicted octanol–water partition coefficient (Wildman–Crippen LogP) is 4.20. The lowest BCUT2D eigenvalue weighted by Crippen LogP contribution is -2.38. The van der Waals surface area contributed by atoms with Gasteiger partial charge in [0.25, 0.3) is 0 Å². The van der Waals surface area contributed by atoms with E-state index in [9.17, 15) is 9.90 Å². The van der Waals surface area contributed by atoms with E-state index in [0.29, 0.717) is 26.2 Å². The molecule has 0 spiro atoms. The number of aromatic nitrogens is 1. The highest BCUT2D eigenvalue weighted by Gasteiger charge is 2.31. The lowest BCUT2D eigenvalue weighted by atomic mass is 9.87. The number of anilines is 1. The molecule has 1 fully saturated rings. The van der Waals surface area contributed by atoms with Gasteiger partial charge in [-0.1, -0.05) is 42.5 Å². The molecule has 2 aromatic carbocycles. The Morgan fingerprint density at radius 1 is 1.18 bits per heavy atom. The van der Waals surface area contributed by atoms with Crippen molar-refractivity contribution in [2.75, 3.05) is 18.5 Å². The summed E-state index contributed by atoms with van der Waals surface area (Å²) < 4.78 is 6.17. The van der Waals surface area contributed by atoms with Crippen molar-refractivity contribution < 1.29 is 14.6 Å². The second kappa shape index (κ2) is 9.09. The molecular weight excluding hydrogens is 418 g/mol. The van der Waals surface area contributed by atoms with Gasteiger partial charge in [0, 0.05) is 30.1 Å². The van der Waals surface area contributed by atoms with Gasteiger partial charge in [0.1, 0.15) is 18.2 Å². The maximum atomic E-state index is 11.6. The van der Waals surface area contributed by atoms with Gasteiger partial charge in [0.2, 0.25) is 0 Å². The number of piperidine rings is 1. The van der Waals surface area contributed by atoms with E-state index in [0.717, 1.165) is 52.4 Å². The van der Waals surface area contributed by atoms with Crippen LogP contribution in [0.1, 0.15) is 35.4 Å². The number of ether oxygens (including phenoxy) is 1. The molecule has 2 aliphatic rings. The fourth-order valence-electron chi connectivity index (χ4n) is 4.64. The Labute approximate surface area is 192 Å². The van der Waals surface area contributed by atoms with Crippen molar-refractivity contribution in [3.63, 3.8) is 0 Å². The van der Waals surface area contributed by atoms with Crippen molar-refractivity contribution in [2.45, 2.75) is 31.9 Å². The Morgan fingerprint density at radius 3 is 2.79 bits per heavy atom. The number of hydrazine groups is 2. The van der Waals surface area contributed by atoms with Crippen LogP contribution in [0.3, 0.4) is 0 Å². The zero-order valence-electron chi connectivity index (χ0n) is 18.3. The molecule has 0 bridgehead atoms. The number of carbonyl (C=O) groups is 1. The third-order valence-electron chi connectivity index (χ3n) is 6.27. The summed E-state index contributed by atoms with van der Waals surface area (Å²) in [7, 11) is 0. The fraction of sp³-hybridized carbons (Fsp3) is 0.280.